The number of piperidine rings is 1. The smallest absolute Gasteiger partial charge is 0.239 e. The van der Waals surface area contributed by atoms with Crippen LogP contribution < -0.4 is 5.32 Å². The van der Waals surface area contributed by atoms with Crippen molar-refractivity contribution in [1.82, 2.24) is 14.7 Å². The number of nitrogens with zero attached hydrogens (tertiary/aromatic N) is 3. The predicted molar refractivity (Wildman–Crippen MR) is 74.1 cm³/mol. The molecule has 1 aliphatic rings. The zero-order chi connectivity index (χ0) is 14.5. The molecule has 0 saturated carbocycles. The highest BCUT2D eigenvalue weighted by molar-refractivity contribution is 5.91. The molecule has 3 N–H and O–H groups in total. The van der Waals surface area contributed by atoms with E-state index < -0.39 is 6.10 Å². The summed E-state index contributed by atoms with van der Waals surface area (Å²) in [6.07, 6.45) is 2.74. The van der Waals surface area contributed by atoms with Crippen LogP contribution >= 0.6 is 0 Å². The Morgan fingerprint density at radius 1 is 1.55 bits per heavy atom. The third kappa shape index (κ3) is 4.03. The molecule has 7 nitrogen and oxygen atoms in total. The van der Waals surface area contributed by atoms with Crippen molar-refractivity contribution in [2.45, 2.75) is 18.9 Å². The minimum atomic E-state index is -0.639. The second-order valence-electron chi connectivity index (χ2n) is 5.29. The van der Waals surface area contributed by atoms with E-state index in [1.54, 1.807) is 24.0 Å². The van der Waals surface area contributed by atoms with Crippen molar-refractivity contribution in [3.05, 3.63) is 12.3 Å². The highest BCUT2D eigenvalue weighted by atomic mass is 16.3. The Morgan fingerprint density at radius 3 is 2.80 bits per heavy atom. The molecule has 0 radical (unpaired) electrons. The van der Waals surface area contributed by atoms with Gasteiger partial charge in [0.2, 0.25) is 5.91 Å². The highest BCUT2D eigenvalue weighted by Crippen LogP contribution is 2.20. The lowest BCUT2D eigenvalue weighted by molar-refractivity contribution is -0.117. The number of aliphatic hydroxyl groups excluding tert-OH is 2. The number of aromatic nitrogens is 2. The molecule has 1 unspecified atom stereocenters. The fourth-order valence-electron chi connectivity index (χ4n) is 2.51. The maximum atomic E-state index is 11.9. The minimum absolute atomic E-state index is 0.0788. The lowest BCUT2D eigenvalue weighted by Crippen LogP contribution is -2.42. The molecule has 1 aliphatic heterocycles. The van der Waals surface area contributed by atoms with Gasteiger partial charge in [-0.3, -0.25) is 14.4 Å². The average molecular weight is 282 g/mol. The number of likely N-dealkylation sites (tertiary alicyclic amines) is 1. The van der Waals surface area contributed by atoms with Crippen LogP contribution in [-0.4, -0.2) is 63.1 Å². The van der Waals surface area contributed by atoms with Crippen molar-refractivity contribution in [2.75, 3.05) is 31.6 Å². The van der Waals surface area contributed by atoms with Gasteiger partial charge < -0.3 is 15.5 Å². The number of nitrogens with one attached hydrogen (secondary N) is 1. The molecule has 1 fully saturated rings. The Balaban J connectivity index is 1.73. The summed E-state index contributed by atoms with van der Waals surface area (Å²) in [6.45, 7) is 1.66. The Hall–Kier alpha value is -1.44. The molecule has 1 amide bonds. The molecule has 2 rings (SSSR count). The number of amides is 1. The SMILES string of the molecule is Cn1ccc(NC(=O)CN2CCC(C(O)CO)CC2)n1. The first-order valence-corrected chi connectivity index (χ1v) is 6.89. The first kappa shape index (κ1) is 15.0. The van der Waals surface area contributed by atoms with Gasteiger partial charge in [-0.25, -0.2) is 0 Å². The summed E-state index contributed by atoms with van der Waals surface area (Å²) in [6, 6.07) is 1.75. The van der Waals surface area contributed by atoms with Gasteiger partial charge in [0.1, 0.15) is 0 Å². The molecule has 1 atom stereocenters. The summed E-state index contributed by atoms with van der Waals surface area (Å²) in [7, 11) is 1.80. The van der Waals surface area contributed by atoms with Crippen LogP contribution in [0.4, 0.5) is 5.82 Å². The van der Waals surface area contributed by atoms with Crippen molar-refractivity contribution in [2.24, 2.45) is 13.0 Å². The third-order valence-electron chi connectivity index (χ3n) is 3.71. The normalized spacial score (nSPS) is 18.9. The number of hydrogen-bond acceptors (Lipinski definition) is 5. The van der Waals surface area contributed by atoms with E-state index in [1.807, 2.05) is 0 Å². The van der Waals surface area contributed by atoms with Gasteiger partial charge in [0.05, 0.1) is 19.3 Å². The Bertz CT molecular complexity index is 441. The van der Waals surface area contributed by atoms with Crippen LogP contribution in [-0.2, 0) is 11.8 Å². The zero-order valence-electron chi connectivity index (χ0n) is 11.7. The Morgan fingerprint density at radius 2 is 2.25 bits per heavy atom. The third-order valence-corrected chi connectivity index (χ3v) is 3.71. The van der Waals surface area contributed by atoms with E-state index in [9.17, 15) is 9.90 Å². The lowest BCUT2D eigenvalue weighted by atomic mass is 9.91. The summed E-state index contributed by atoms with van der Waals surface area (Å²) in [5.41, 5.74) is 0. The maximum absolute atomic E-state index is 11.9. The number of carbonyl (C=O) groups excluding carboxylic acids is 1. The van der Waals surface area contributed by atoms with Gasteiger partial charge in [0.15, 0.2) is 5.82 Å². The summed E-state index contributed by atoms with van der Waals surface area (Å²) < 4.78 is 1.64. The predicted octanol–water partition coefficient (Wildman–Crippen LogP) is -0.576. The largest absolute Gasteiger partial charge is 0.394 e. The number of carbonyl (C=O) groups is 1. The van der Waals surface area contributed by atoms with E-state index >= 15 is 0 Å². The monoisotopic (exact) mass is 282 g/mol. The van der Waals surface area contributed by atoms with Crippen molar-refractivity contribution < 1.29 is 15.0 Å². The van der Waals surface area contributed by atoms with Gasteiger partial charge in [0, 0.05) is 19.3 Å². The summed E-state index contributed by atoms with van der Waals surface area (Å²) in [5.74, 6) is 0.614. The molecule has 0 spiro atoms. The van der Waals surface area contributed by atoms with E-state index in [1.165, 1.54) is 0 Å². The van der Waals surface area contributed by atoms with Crippen LogP contribution in [0.2, 0.25) is 0 Å². The van der Waals surface area contributed by atoms with Gasteiger partial charge in [-0.15, -0.1) is 0 Å². The zero-order valence-corrected chi connectivity index (χ0v) is 11.7. The first-order valence-electron chi connectivity index (χ1n) is 6.89. The second kappa shape index (κ2) is 6.83. The van der Waals surface area contributed by atoms with Gasteiger partial charge >= 0.3 is 0 Å². The molecule has 20 heavy (non-hydrogen) atoms. The van der Waals surface area contributed by atoms with Crippen LogP contribution in [0.5, 0.6) is 0 Å². The van der Waals surface area contributed by atoms with Crippen molar-refractivity contribution in [3.63, 3.8) is 0 Å². The summed E-state index contributed by atoms with van der Waals surface area (Å²) in [5, 5.41) is 25.4. The molecule has 1 saturated heterocycles. The van der Waals surface area contributed by atoms with Gasteiger partial charge in [0.25, 0.3) is 0 Å². The summed E-state index contributed by atoms with van der Waals surface area (Å²) >= 11 is 0. The Kier molecular flexibility index (Phi) is 5.11. The Labute approximate surface area is 118 Å². The maximum Gasteiger partial charge on any atom is 0.239 e. The van der Waals surface area contributed by atoms with Crippen molar-refractivity contribution in [1.29, 1.82) is 0 Å². The number of rotatable bonds is 5. The van der Waals surface area contributed by atoms with Crippen LogP contribution in [0.25, 0.3) is 0 Å². The van der Waals surface area contributed by atoms with Crippen LogP contribution in [0.3, 0.4) is 0 Å². The van der Waals surface area contributed by atoms with Gasteiger partial charge in [-0.2, -0.15) is 5.10 Å². The van der Waals surface area contributed by atoms with Gasteiger partial charge in [-0.1, -0.05) is 0 Å². The number of anilines is 1. The highest BCUT2D eigenvalue weighted by Gasteiger charge is 2.25. The van der Waals surface area contributed by atoms with E-state index in [4.69, 9.17) is 5.11 Å². The lowest BCUT2D eigenvalue weighted by Gasteiger charge is -2.33. The number of aliphatic hydroxyl groups is 2. The molecule has 1 aromatic heterocycles. The van der Waals surface area contributed by atoms with E-state index in [2.05, 4.69) is 15.3 Å². The number of aryl methyl sites for hydroxylation is 1. The molecular formula is C13H22N4O3. The van der Waals surface area contributed by atoms with Crippen LogP contribution in [0.1, 0.15) is 12.8 Å². The first-order chi connectivity index (χ1) is 9.58. The van der Waals surface area contributed by atoms with Gasteiger partial charge in [-0.05, 0) is 31.8 Å². The molecule has 1 aromatic rings. The fourth-order valence-corrected chi connectivity index (χ4v) is 2.51. The molecular weight excluding hydrogens is 260 g/mol. The standard InChI is InChI=1S/C13H22N4O3/c1-16-5-4-12(15-16)14-13(20)8-17-6-2-10(3-7-17)11(19)9-18/h4-5,10-11,18-19H,2-3,6-9H2,1H3,(H,14,15,20). The van der Waals surface area contributed by atoms with Crippen molar-refractivity contribution >= 4 is 11.7 Å². The topological polar surface area (TPSA) is 90.6 Å². The fraction of sp³-hybridized carbons (Fsp3) is 0.692. The molecule has 0 aliphatic carbocycles. The number of hydrogen-bond donors (Lipinski definition) is 3. The molecule has 7 heteroatoms. The van der Waals surface area contributed by atoms with Crippen molar-refractivity contribution in [3.8, 4) is 0 Å². The molecule has 2 heterocycles. The second-order valence-corrected chi connectivity index (χ2v) is 5.29. The molecule has 0 aromatic carbocycles. The quantitative estimate of drug-likeness (QED) is 0.672. The average Bonchev–Trinajstić information content (AvgIpc) is 2.84. The van der Waals surface area contributed by atoms with E-state index in [0.717, 1.165) is 25.9 Å². The molecule has 0 bridgehead atoms. The molecule has 112 valence electrons. The van der Waals surface area contributed by atoms with E-state index in [0.29, 0.717) is 12.4 Å². The van der Waals surface area contributed by atoms with Crippen LogP contribution in [0, 0.1) is 5.92 Å². The van der Waals surface area contributed by atoms with Crippen LogP contribution in [0.15, 0.2) is 12.3 Å². The summed E-state index contributed by atoms with van der Waals surface area (Å²) in [4.78, 5) is 13.9. The minimum Gasteiger partial charge on any atom is -0.394 e. The van der Waals surface area contributed by atoms with E-state index in [-0.39, 0.29) is 18.4 Å².